The highest BCUT2D eigenvalue weighted by Gasteiger charge is 2.58. The SMILES string of the molecule is Cc1ncc(OC[C@@]2(C3C=CC=CC3)C[C@H]2C=O)c(C)n1. The number of hydrogen-bond acceptors (Lipinski definition) is 4. The van der Waals surface area contributed by atoms with Gasteiger partial charge in [0.25, 0.3) is 0 Å². The van der Waals surface area contributed by atoms with E-state index in [1.165, 1.54) is 0 Å². The second-order valence-corrected chi connectivity index (χ2v) is 5.99. The molecule has 0 amide bonds. The zero-order valence-electron chi connectivity index (χ0n) is 12.5. The number of aryl methyl sites for hydroxylation is 2. The number of aldehydes is 1. The average molecular weight is 284 g/mol. The molecule has 0 saturated heterocycles. The summed E-state index contributed by atoms with van der Waals surface area (Å²) in [4.78, 5) is 19.7. The largest absolute Gasteiger partial charge is 0.489 e. The van der Waals surface area contributed by atoms with Crippen LogP contribution < -0.4 is 4.74 Å². The maximum atomic E-state index is 11.2. The van der Waals surface area contributed by atoms with E-state index in [2.05, 4.69) is 34.3 Å². The van der Waals surface area contributed by atoms with E-state index >= 15 is 0 Å². The van der Waals surface area contributed by atoms with Gasteiger partial charge in [-0.05, 0) is 32.6 Å². The Labute approximate surface area is 124 Å². The van der Waals surface area contributed by atoms with Gasteiger partial charge in [0.15, 0.2) is 5.75 Å². The van der Waals surface area contributed by atoms with Crippen molar-refractivity contribution >= 4 is 6.29 Å². The van der Waals surface area contributed by atoms with Crippen LogP contribution in [0.1, 0.15) is 24.4 Å². The molecule has 0 bridgehead atoms. The maximum absolute atomic E-state index is 11.2. The number of allylic oxidation sites excluding steroid dienone is 4. The molecule has 3 atom stereocenters. The van der Waals surface area contributed by atoms with E-state index in [0.717, 1.165) is 30.6 Å². The number of hydrogen-bond donors (Lipinski definition) is 0. The lowest BCUT2D eigenvalue weighted by atomic mass is 9.83. The fourth-order valence-corrected chi connectivity index (χ4v) is 3.17. The van der Waals surface area contributed by atoms with Crippen LogP contribution in [0.3, 0.4) is 0 Å². The molecule has 1 fully saturated rings. The predicted octanol–water partition coefficient (Wildman–Crippen LogP) is 2.81. The number of rotatable bonds is 5. The molecule has 1 unspecified atom stereocenters. The van der Waals surface area contributed by atoms with E-state index in [0.29, 0.717) is 18.3 Å². The summed E-state index contributed by atoms with van der Waals surface area (Å²) in [5.74, 6) is 1.94. The lowest BCUT2D eigenvalue weighted by molar-refractivity contribution is -0.109. The van der Waals surface area contributed by atoms with E-state index in [1.807, 2.05) is 13.8 Å². The Bertz CT molecular complexity index is 609. The Morgan fingerprint density at radius 3 is 2.90 bits per heavy atom. The van der Waals surface area contributed by atoms with Gasteiger partial charge in [0.2, 0.25) is 0 Å². The number of nitrogens with zero attached hydrogens (tertiary/aromatic N) is 2. The van der Waals surface area contributed by atoms with Crippen molar-refractivity contribution in [1.82, 2.24) is 9.97 Å². The van der Waals surface area contributed by atoms with Crippen molar-refractivity contribution in [2.75, 3.05) is 6.61 Å². The Morgan fingerprint density at radius 1 is 1.43 bits per heavy atom. The third-order valence-corrected chi connectivity index (χ3v) is 4.61. The molecular formula is C17H20N2O2. The fraction of sp³-hybridized carbons (Fsp3) is 0.471. The van der Waals surface area contributed by atoms with Crippen LogP contribution in [-0.4, -0.2) is 22.9 Å². The van der Waals surface area contributed by atoms with E-state index in [9.17, 15) is 4.79 Å². The quantitative estimate of drug-likeness (QED) is 0.780. The molecule has 1 heterocycles. The summed E-state index contributed by atoms with van der Waals surface area (Å²) in [6, 6.07) is 0. The van der Waals surface area contributed by atoms with Gasteiger partial charge in [0.05, 0.1) is 18.5 Å². The Kier molecular flexibility index (Phi) is 3.62. The molecule has 21 heavy (non-hydrogen) atoms. The summed E-state index contributed by atoms with van der Waals surface area (Å²) in [6.07, 6.45) is 13.2. The summed E-state index contributed by atoms with van der Waals surface area (Å²) in [6.45, 7) is 4.33. The van der Waals surface area contributed by atoms with Crippen LogP contribution in [0.25, 0.3) is 0 Å². The van der Waals surface area contributed by atoms with Crippen LogP contribution in [0.4, 0.5) is 0 Å². The van der Waals surface area contributed by atoms with Crippen LogP contribution in [-0.2, 0) is 4.79 Å². The normalized spacial score (nSPS) is 30.2. The first-order valence-corrected chi connectivity index (χ1v) is 7.37. The Morgan fingerprint density at radius 2 is 2.29 bits per heavy atom. The van der Waals surface area contributed by atoms with Crippen molar-refractivity contribution in [3.63, 3.8) is 0 Å². The van der Waals surface area contributed by atoms with E-state index < -0.39 is 0 Å². The van der Waals surface area contributed by atoms with Crippen LogP contribution in [0.2, 0.25) is 0 Å². The van der Waals surface area contributed by atoms with E-state index in [1.54, 1.807) is 6.20 Å². The van der Waals surface area contributed by atoms with Gasteiger partial charge in [-0.1, -0.05) is 24.3 Å². The van der Waals surface area contributed by atoms with Crippen LogP contribution in [0.5, 0.6) is 5.75 Å². The molecule has 1 saturated carbocycles. The van der Waals surface area contributed by atoms with Gasteiger partial charge in [-0.2, -0.15) is 0 Å². The number of aromatic nitrogens is 2. The van der Waals surface area contributed by atoms with Crippen LogP contribution in [0.15, 0.2) is 30.5 Å². The first-order valence-electron chi connectivity index (χ1n) is 7.37. The van der Waals surface area contributed by atoms with E-state index in [-0.39, 0.29) is 11.3 Å². The average Bonchev–Trinajstić information content (AvgIpc) is 3.22. The van der Waals surface area contributed by atoms with Crippen LogP contribution in [0, 0.1) is 31.1 Å². The van der Waals surface area contributed by atoms with Gasteiger partial charge in [-0.3, -0.25) is 0 Å². The maximum Gasteiger partial charge on any atom is 0.158 e. The second kappa shape index (κ2) is 5.43. The smallest absolute Gasteiger partial charge is 0.158 e. The third-order valence-electron chi connectivity index (χ3n) is 4.61. The van der Waals surface area contributed by atoms with E-state index in [4.69, 9.17) is 4.74 Å². The summed E-state index contributed by atoms with van der Waals surface area (Å²) in [7, 11) is 0. The topological polar surface area (TPSA) is 52.1 Å². The van der Waals surface area contributed by atoms with Gasteiger partial charge >= 0.3 is 0 Å². The minimum atomic E-state index is -0.0552. The van der Waals surface area contributed by atoms with Gasteiger partial charge < -0.3 is 9.53 Å². The molecule has 0 spiro atoms. The molecule has 110 valence electrons. The number of carbonyl (C=O) groups excluding carboxylic acids is 1. The highest BCUT2D eigenvalue weighted by atomic mass is 16.5. The molecule has 2 aliphatic rings. The lowest BCUT2D eigenvalue weighted by Crippen LogP contribution is -2.25. The molecule has 4 nitrogen and oxygen atoms in total. The lowest BCUT2D eigenvalue weighted by Gasteiger charge is -2.26. The third kappa shape index (κ3) is 2.62. The highest BCUT2D eigenvalue weighted by molar-refractivity contribution is 5.61. The standard InChI is InChI=1S/C17H20N2O2/c1-12-16(9-18-13(2)19-12)21-11-17(8-15(17)10-20)14-6-4-3-5-7-14/h3-6,9-10,14-15H,7-8,11H2,1-2H3/t14?,15-,17+/m0/s1. The molecule has 0 radical (unpaired) electrons. The molecule has 0 aromatic carbocycles. The molecule has 4 heteroatoms. The monoisotopic (exact) mass is 284 g/mol. The summed E-state index contributed by atoms with van der Waals surface area (Å²) in [5, 5.41) is 0. The first-order chi connectivity index (χ1) is 10.2. The Hall–Kier alpha value is -1.97. The van der Waals surface area contributed by atoms with Crippen molar-refractivity contribution in [3.8, 4) is 5.75 Å². The zero-order valence-corrected chi connectivity index (χ0v) is 12.5. The molecule has 1 aromatic heterocycles. The summed E-state index contributed by atoms with van der Waals surface area (Å²) >= 11 is 0. The highest BCUT2D eigenvalue weighted by Crippen LogP contribution is 2.58. The summed E-state index contributed by atoms with van der Waals surface area (Å²) < 4.78 is 5.96. The summed E-state index contributed by atoms with van der Waals surface area (Å²) in [5.41, 5.74) is 0.792. The molecule has 0 N–H and O–H groups in total. The minimum Gasteiger partial charge on any atom is -0.489 e. The molecular weight excluding hydrogens is 264 g/mol. The molecule has 0 aliphatic heterocycles. The molecule has 3 rings (SSSR count). The second-order valence-electron chi connectivity index (χ2n) is 5.99. The minimum absolute atomic E-state index is 0.0552. The van der Waals surface area contributed by atoms with Crippen molar-refractivity contribution in [2.45, 2.75) is 26.7 Å². The molecule has 1 aromatic rings. The van der Waals surface area contributed by atoms with Crippen molar-refractivity contribution in [2.24, 2.45) is 17.3 Å². The number of ether oxygens (including phenoxy) is 1. The zero-order chi connectivity index (χ0) is 14.9. The van der Waals surface area contributed by atoms with Gasteiger partial charge in [0.1, 0.15) is 12.1 Å². The first kappa shape index (κ1) is 14.0. The van der Waals surface area contributed by atoms with Crippen molar-refractivity contribution in [3.05, 3.63) is 42.0 Å². The van der Waals surface area contributed by atoms with Crippen molar-refractivity contribution < 1.29 is 9.53 Å². The molecule has 2 aliphatic carbocycles. The fourth-order valence-electron chi connectivity index (χ4n) is 3.17. The van der Waals surface area contributed by atoms with Gasteiger partial charge in [-0.25, -0.2) is 9.97 Å². The van der Waals surface area contributed by atoms with Gasteiger partial charge in [0, 0.05) is 11.3 Å². The van der Waals surface area contributed by atoms with Crippen LogP contribution >= 0.6 is 0 Å². The predicted molar refractivity (Wildman–Crippen MR) is 80.0 cm³/mol. The Balaban J connectivity index is 1.73. The van der Waals surface area contributed by atoms with Crippen molar-refractivity contribution in [1.29, 1.82) is 0 Å². The number of carbonyl (C=O) groups is 1. The van der Waals surface area contributed by atoms with Gasteiger partial charge in [-0.15, -0.1) is 0 Å².